The van der Waals surface area contributed by atoms with Gasteiger partial charge in [-0.2, -0.15) is 14.8 Å². The number of amides is 6. The van der Waals surface area contributed by atoms with E-state index in [0.717, 1.165) is 0 Å². The molecule has 42 heavy (non-hydrogen) atoms. The number of hydrogen-bond donors (Lipinski definition) is 1. The molecule has 0 radical (unpaired) electrons. The Morgan fingerprint density at radius 2 is 1.21 bits per heavy atom. The minimum Gasteiger partial charge on any atom is -0.443 e. The van der Waals surface area contributed by atoms with Crippen LogP contribution in [0.2, 0.25) is 0 Å². The Bertz CT molecular complexity index is 1120. The maximum Gasteiger partial charge on any atom is 0.424 e. The fourth-order valence-corrected chi connectivity index (χ4v) is 3.29. The number of alkyl halides is 3. The average Bonchev–Trinajstić information content (AvgIpc) is 2.75. The van der Waals surface area contributed by atoms with E-state index in [2.05, 4.69) is 21.3 Å². The first-order chi connectivity index (χ1) is 18.9. The van der Waals surface area contributed by atoms with Gasteiger partial charge in [0.2, 0.25) is 17.9 Å². The van der Waals surface area contributed by atoms with E-state index in [-0.39, 0.29) is 25.7 Å². The van der Waals surface area contributed by atoms with Gasteiger partial charge in [0.25, 0.3) is 11.8 Å². The van der Waals surface area contributed by atoms with Crippen molar-refractivity contribution < 1.29 is 52.6 Å². The van der Waals surface area contributed by atoms with E-state index in [1.807, 2.05) is 0 Å². The van der Waals surface area contributed by atoms with Crippen molar-refractivity contribution in [3.05, 3.63) is 0 Å². The smallest absolute Gasteiger partial charge is 0.424 e. The molecule has 0 aromatic carbocycles. The molecule has 2 rings (SSSR count). The number of halogens is 4. The number of imide groups is 6. The van der Waals surface area contributed by atoms with Crippen molar-refractivity contribution in [1.82, 2.24) is 9.80 Å². The van der Waals surface area contributed by atoms with Gasteiger partial charge >= 0.3 is 21.6 Å². The van der Waals surface area contributed by atoms with Crippen molar-refractivity contribution >= 4 is 93.7 Å². The lowest BCUT2D eigenvalue weighted by Gasteiger charge is -2.29. The first-order valence-corrected chi connectivity index (χ1v) is 13.4. The van der Waals surface area contributed by atoms with E-state index in [4.69, 9.17) is 50.0 Å². The van der Waals surface area contributed by atoms with Crippen LogP contribution in [0.25, 0.3) is 0 Å². The first-order valence-electron chi connectivity index (χ1n) is 11.9. The predicted octanol–water partition coefficient (Wildman–Crippen LogP) is 3.86. The highest BCUT2D eigenvalue weighted by molar-refractivity contribution is 6.69. The topological polar surface area (TPSA) is 209 Å². The number of rotatable bonds is 1. The second-order valence-corrected chi connectivity index (χ2v) is 12.8. The fourth-order valence-electron chi connectivity index (χ4n) is 2.84. The van der Waals surface area contributed by atoms with Crippen LogP contribution in [0.3, 0.4) is 0 Å². The van der Waals surface area contributed by atoms with Crippen LogP contribution in [0.1, 0.15) is 67.2 Å². The number of ether oxygens (including phenoxy) is 3. The van der Waals surface area contributed by atoms with Crippen LogP contribution in [0.15, 0.2) is 4.99 Å². The Morgan fingerprint density at radius 1 is 0.810 bits per heavy atom. The Morgan fingerprint density at radius 3 is 1.55 bits per heavy atom. The molecule has 2 fully saturated rings. The molecule has 19 heteroatoms. The zero-order chi connectivity index (χ0) is 33.2. The third-order valence-electron chi connectivity index (χ3n) is 4.40. The normalized spacial score (nSPS) is 19.3. The lowest BCUT2D eigenvalue weighted by Crippen LogP contribution is -2.54. The number of aliphatic imine (C=N–C) groups is 1. The van der Waals surface area contributed by atoms with Gasteiger partial charge in [-0.05, 0) is 89.2 Å². The molecule has 236 valence electrons. The Hall–Kier alpha value is -2.81. The van der Waals surface area contributed by atoms with Crippen molar-refractivity contribution in [3.63, 3.8) is 0 Å². The molecule has 2 atom stereocenters. The van der Waals surface area contributed by atoms with Crippen LogP contribution in [0.5, 0.6) is 0 Å². The number of piperidine rings is 2. The number of isocyanates is 1. The third kappa shape index (κ3) is 14.9. The molecule has 0 saturated carbocycles. The van der Waals surface area contributed by atoms with Crippen LogP contribution < -0.4 is 5.73 Å². The van der Waals surface area contributed by atoms with Crippen LogP contribution in [-0.2, 0) is 38.2 Å². The van der Waals surface area contributed by atoms with Crippen LogP contribution >= 0.6 is 46.4 Å². The summed E-state index contributed by atoms with van der Waals surface area (Å²) in [6.07, 6.45) is -0.304. The summed E-state index contributed by atoms with van der Waals surface area (Å²) >= 11 is 19.4. The van der Waals surface area contributed by atoms with E-state index in [9.17, 15) is 38.4 Å². The molecule has 0 aliphatic carbocycles. The zero-order valence-corrected chi connectivity index (χ0v) is 26.4. The highest BCUT2D eigenvalue weighted by Crippen LogP contribution is 2.28. The minimum atomic E-state index is -2.04. The first kappa shape index (κ1) is 39.2. The molecule has 0 aromatic rings. The Balaban J connectivity index is 0.000000644. The largest absolute Gasteiger partial charge is 0.443 e. The van der Waals surface area contributed by atoms with E-state index in [1.165, 1.54) is 6.08 Å². The maximum absolute atomic E-state index is 11.8. The summed E-state index contributed by atoms with van der Waals surface area (Å²) < 4.78 is 11.7. The highest BCUT2D eigenvalue weighted by atomic mass is 35.6. The number of carbonyl (C=O) groups excluding carboxylic acids is 8. The molecule has 2 saturated heterocycles. The van der Waals surface area contributed by atoms with Gasteiger partial charge in [0, 0.05) is 24.4 Å². The molecule has 6 amide bonds. The molecule has 0 aromatic heterocycles. The number of nitrogens with zero attached hydrogens (tertiary/aromatic N) is 3. The van der Waals surface area contributed by atoms with Crippen molar-refractivity contribution in [2.75, 3.05) is 0 Å². The molecule has 2 aliphatic heterocycles. The maximum atomic E-state index is 11.8. The van der Waals surface area contributed by atoms with Crippen LogP contribution in [0, 0.1) is 0 Å². The molecule has 2 aliphatic rings. The summed E-state index contributed by atoms with van der Waals surface area (Å²) in [4.78, 5) is 93.7. The summed E-state index contributed by atoms with van der Waals surface area (Å²) in [6, 6.07) is -1.84. The standard InChI is InChI=1S/C11H14N2O5.C10H16N2O4.C2Cl4O2/c1-11(2,3)18-10(17)13-8(15)5-4-7(9(13)16)12-6-14;1-10(2,3)16-9(15)12-7(13)5-4-6(11)8(12)14;3-1(7)8-2(4,5)6/h7H,4-5H2,1-3H3;6H,4-5,11H2,1-3H3;. The van der Waals surface area contributed by atoms with Gasteiger partial charge in [0.15, 0.2) is 0 Å². The number of carbonyl (C=O) groups is 7. The molecule has 0 spiro atoms. The molecule has 2 heterocycles. The lowest BCUT2D eigenvalue weighted by molar-refractivity contribution is -0.149. The third-order valence-corrected chi connectivity index (χ3v) is 4.71. The van der Waals surface area contributed by atoms with E-state index in [0.29, 0.717) is 9.80 Å². The van der Waals surface area contributed by atoms with Gasteiger partial charge in [0.1, 0.15) is 17.2 Å². The van der Waals surface area contributed by atoms with E-state index < -0.39 is 68.5 Å². The second-order valence-electron chi connectivity index (χ2n) is 10.3. The van der Waals surface area contributed by atoms with Crippen LogP contribution in [-0.4, -0.2) is 84.4 Å². The summed E-state index contributed by atoms with van der Waals surface area (Å²) in [5, 5.41) is 0. The number of hydrogen-bond acceptors (Lipinski definition) is 13. The van der Waals surface area contributed by atoms with E-state index in [1.54, 1.807) is 41.5 Å². The summed E-state index contributed by atoms with van der Waals surface area (Å²) in [7, 11) is 0. The Kier molecular flexibility index (Phi) is 15.1. The van der Waals surface area contributed by atoms with Gasteiger partial charge in [-0.3, -0.25) is 19.2 Å². The molecule has 2 N–H and O–H groups in total. The summed E-state index contributed by atoms with van der Waals surface area (Å²) in [5.41, 5.74) is 2.76. The second kappa shape index (κ2) is 16.1. The van der Waals surface area contributed by atoms with E-state index >= 15 is 0 Å². The van der Waals surface area contributed by atoms with Crippen molar-refractivity contribution in [2.45, 2.75) is 94.5 Å². The van der Waals surface area contributed by atoms with Gasteiger partial charge in [-0.1, -0.05) is 0 Å². The van der Waals surface area contributed by atoms with Gasteiger partial charge in [-0.25, -0.2) is 19.2 Å². The lowest BCUT2D eigenvalue weighted by atomic mass is 10.1. The average molecular weight is 680 g/mol. The number of nitrogens with two attached hydrogens (primary N) is 1. The van der Waals surface area contributed by atoms with Crippen LogP contribution in [0.4, 0.5) is 14.4 Å². The van der Waals surface area contributed by atoms with Crippen molar-refractivity contribution in [2.24, 2.45) is 10.7 Å². The molecular weight excluding hydrogens is 650 g/mol. The van der Waals surface area contributed by atoms with Gasteiger partial charge < -0.3 is 19.9 Å². The molecular formula is C23H30Cl4N4O11. The quantitative estimate of drug-likeness (QED) is 0.105. The summed E-state index contributed by atoms with van der Waals surface area (Å²) in [5.74, 6) is -2.73. The minimum absolute atomic E-state index is 0.0408. The molecule has 0 bridgehead atoms. The van der Waals surface area contributed by atoms with Gasteiger partial charge in [-0.15, -0.1) is 0 Å². The fraction of sp³-hybridized carbons (Fsp3) is 0.652. The highest BCUT2D eigenvalue weighted by Gasteiger charge is 2.41. The van der Waals surface area contributed by atoms with Crippen molar-refractivity contribution in [1.29, 1.82) is 0 Å². The monoisotopic (exact) mass is 678 g/mol. The Labute approximate surface area is 260 Å². The molecule has 2 unspecified atom stereocenters. The SMILES string of the molecule is CC(C)(C)OC(=O)N1C(=O)CCC(N)C1=O.CC(C)(C)OC(=O)N1C(=O)CCC(N=C=O)C1=O.O=C(Cl)OC(Cl)(Cl)Cl. The molecule has 15 nitrogen and oxygen atoms in total. The zero-order valence-electron chi connectivity index (χ0n) is 23.4. The number of likely N-dealkylation sites (tertiary alicyclic amines) is 2. The predicted molar refractivity (Wildman–Crippen MR) is 147 cm³/mol. The summed E-state index contributed by atoms with van der Waals surface area (Å²) in [6.45, 7) is 9.82. The van der Waals surface area contributed by atoms with Crippen molar-refractivity contribution in [3.8, 4) is 0 Å². The van der Waals surface area contributed by atoms with Gasteiger partial charge in [0.05, 0.1) is 6.04 Å².